The Hall–Kier alpha value is -0.0800. The van der Waals surface area contributed by atoms with E-state index in [0.29, 0.717) is 17.9 Å². The third-order valence-electron chi connectivity index (χ3n) is 3.42. The Balaban J connectivity index is 2.48. The number of rotatable bonds is 3. The molecule has 0 aliphatic carbocycles. The fraction of sp³-hybridized carbons (Fsp3) is 1.00. The predicted octanol–water partition coefficient (Wildman–Crippen LogP) is 1.74. The second-order valence-electron chi connectivity index (χ2n) is 4.92. The van der Waals surface area contributed by atoms with Crippen molar-refractivity contribution in [3.05, 3.63) is 0 Å². The van der Waals surface area contributed by atoms with Gasteiger partial charge in [0.15, 0.2) is 0 Å². The quantitative estimate of drug-likeness (QED) is 0.724. The standard InChI is InChI=1S/C11H23NO/c1-4-6-12-7-5-11(2,3)10(8-12)9-13/h10,13H,4-9H2,1-3H3. The molecule has 0 aromatic carbocycles. The smallest absolute Gasteiger partial charge is 0.0476 e. The highest BCUT2D eigenvalue weighted by Crippen LogP contribution is 2.35. The lowest BCUT2D eigenvalue weighted by Gasteiger charge is -2.43. The van der Waals surface area contributed by atoms with Crippen molar-refractivity contribution in [2.75, 3.05) is 26.2 Å². The highest BCUT2D eigenvalue weighted by molar-refractivity contribution is 4.86. The normalized spacial score (nSPS) is 29.1. The van der Waals surface area contributed by atoms with Gasteiger partial charge in [-0.25, -0.2) is 0 Å². The molecule has 1 fully saturated rings. The van der Waals surface area contributed by atoms with Crippen molar-refractivity contribution in [3.63, 3.8) is 0 Å². The molecule has 2 heteroatoms. The minimum Gasteiger partial charge on any atom is -0.396 e. The number of hydrogen-bond donors (Lipinski definition) is 1. The van der Waals surface area contributed by atoms with Crippen molar-refractivity contribution >= 4 is 0 Å². The first-order valence-corrected chi connectivity index (χ1v) is 5.43. The largest absolute Gasteiger partial charge is 0.396 e. The van der Waals surface area contributed by atoms with Crippen LogP contribution in [0, 0.1) is 11.3 Å². The van der Waals surface area contributed by atoms with Gasteiger partial charge in [-0.15, -0.1) is 0 Å². The lowest BCUT2D eigenvalue weighted by Crippen LogP contribution is -2.46. The van der Waals surface area contributed by atoms with Crippen LogP contribution in [0.4, 0.5) is 0 Å². The van der Waals surface area contributed by atoms with Gasteiger partial charge in [0, 0.05) is 13.2 Å². The van der Waals surface area contributed by atoms with Gasteiger partial charge in [-0.3, -0.25) is 0 Å². The van der Waals surface area contributed by atoms with Crippen molar-refractivity contribution in [2.24, 2.45) is 11.3 Å². The van der Waals surface area contributed by atoms with Crippen molar-refractivity contribution in [1.29, 1.82) is 0 Å². The zero-order valence-electron chi connectivity index (χ0n) is 9.21. The highest BCUT2D eigenvalue weighted by Gasteiger charge is 2.34. The van der Waals surface area contributed by atoms with Gasteiger partial charge in [0.1, 0.15) is 0 Å². The average molecular weight is 185 g/mol. The lowest BCUT2D eigenvalue weighted by molar-refractivity contribution is 0.0230. The SMILES string of the molecule is CCCN1CCC(C)(C)C(CO)C1. The van der Waals surface area contributed by atoms with Gasteiger partial charge in [-0.1, -0.05) is 20.8 Å². The molecule has 0 amide bonds. The molecule has 13 heavy (non-hydrogen) atoms. The molecule has 1 heterocycles. The summed E-state index contributed by atoms with van der Waals surface area (Å²) in [6.45, 7) is 10.6. The van der Waals surface area contributed by atoms with E-state index in [2.05, 4.69) is 25.7 Å². The molecule has 1 atom stereocenters. The zero-order valence-corrected chi connectivity index (χ0v) is 9.21. The molecule has 1 aliphatic rings. The minimum absolute atomic E-state index is 0.332. The topological polar surface area (TPSA) is 23.5 Å². The maximum absolute atomic E-state index is 9.29. The van der Waals surface area contributed by atoms with Gasteiger partial charge < -0.3 is 10.0 Å². The Morgan fingerprint density at radius 3 is 2.69 bits per heavy atom. The molecular formula is C11H23NO. The molecule has 0 radical (unpaired) electrons. The second kappa shape index (κ2) is 4.43. The van der Waals surface area contributed by atoms with Crippen LogP contribution in [-0.2, 0) is 0 Å². The van der Waals surface area contributed by atoms with E-state index in [1.54, 1.807) is 0 Å². The number of aliphatic hydroxyl groups excluding tert-OH is 1. The van der Waals surface area contributed by atoms with Crippen LogP contribution < -0.4 is 0 Å². The van der Waals surface area contributed by atoms with Crippen LogP contribution >= 0.6 is 0 Å². The van der Waals surface area contributed by atoms with Crippen LogP contribution in [0.3, 0.4) is 0 Å². The van der Waals surface area contributed by atoms with Crippen LogP contribution in [0.25, 0.3) is 0 Å². The van der Waals surface area contributed by atoms with Gasteiger partial charge in [-0.2, -0.15) is 0 Å². The van der Waals surface area contributed by atoms with E-state index in [9.17, 15) is 5.11 Å². The molecule has 0 spiro atoms. The van der Waals surface area contributed by atoms with Crippen LogP contribution in [0.5, 0.6) is 0 Å². The summed E-state index contributed by atoms with van der Waals surface area (Å²) in [6, 6.07) is 0. The van der Waals surface area contributed by atoms with Crippen LogP contribution in [0.15, 0.2) is 0 Å². The van der Waals surface area contributed by atoms with Gasteiger partial charge in [0.05, 0.1) is 0 Å². The summed E-state index contributed by atoms with van der Waals surface area (Å²) in [5, 5.41) is 9.29. The number of hydrogen-bond acceptors (Lipinski definition) is 2. The van der Waals surface area contributed by atoms with Gasteiger partial charge >= 0.3 is 0 Å². The van der Waals surface area contributed by atoms with Crippen LogP contribution in [0.1, 0.15) is 33.6 Å². The van der Waals surface area contributed by atoms with Crippen molar-refractivity contribution < 1.29 is 5.11 Å². The molecule has 1 rings (SSSR count). The molecule has 1 saturated heterocycles. The lowest BCUT2D eigenvalue weighted by atomic mass is 9.74. The predicted molar refractivity (Wildman–Crippen MR) is 55.7 cm³/mol. The van der Waals surface area contributed by atoms with E-state index in [-0.39, 0.29) is 0 Å². The highest BCUT2D eigenvalue weighted by atomic mass is 16.3. The summed E-state index contributed by atoms with van der Waals surface area (Å²) in [4.78, 5) is 2.48. The maximum Gasteiger partial charge on any atom is 0.0476 e. The first kappa shape index (κ1) is 11.0. The summed E-state index contributed by atoms with van der Waals surface area (Å²) < 4.78 is 0. The van der Waals surface area contributed by atoms with Gasteiger partial charge in [-0.05, 0) is 37.3 Å². The second-order valence-corrected chi connectivity index (χ2v) is 4.92. The summed E-state index contributed by atoms with van der Waals surface area (Å²) in [7, 11) is 0. The Labute approximate surface area is 81.9 Å². The number of nitrogens with zero attached hydrogens (tertiary/aromatic N) is 1. The monoisotopic (exact) mass is 185 g/mol. The van der Waals surface area contributed by atoms with Crippen LogP contribution in [-0.4, -0.2) is 36.2 Å². The fourth-order valence-corrected chi connectivity index (χ4v) is 2.12. The maximum atomic E-state index is 9.29. The molecule has 78 valence electrons. The molecule has 1 unspecified atom stereocenters. The number of likely N-dealkylation sites (tertiary alicyclic amines) is 1. The summed E-state index contributed by atoms with van der Waals surface area (Å²) in [5.74, 6) is 0.466. The molecule has 1 aliphatic heterocycles. The first-order valence-electron chi connectivity index (χ1n) is 5.43. The Morgan fingerprint density at radius 2 is 2.15 bits per heavy atom. The fourth-order valence-electron chi connectivity index (χ4n) is 2.12. The van der Waals surface area contributed by atoms with E-state index in [1.165, 1.54) is 25.9 Å². The summed E-state index contributed by atoms with van der Waals surface area (Å²) >= 11 is 0. The molecular weight excluding hydrogens is 162 g/mol. The number of aliphatic hydroxyl groups is 1. The Morgan fingerprint density at radius 1 is 1.46 bits per heavy atom. The summed E-state index contributed by atoms with van der Waals surface area (Å²) in [5.41, 5.74) is 0.332. The zero-order chi connectivity index (χ0) is 9.90. The molecule has 0 saturated carbocycles. The molecule has 1 N–H and O–H groups in total. The van der Waals surface area contributed by atoms with Crippen molar-refractivity contribution in [3.8, 4) is 0 Å². The molecule has 0 aromatic rings. The Bertz CT molecular complexity index is 156. The first-order chi connectivity index (χ1) is 6.10. The van der Waals surface area contributed by atoms with Crippen molar-refractivity contribution in [2.45, 2.75) is 33.6 Å². The van der Waals surface area contributed by atoms with E-state index in [1.807, 2.05) is 0 Å². The molecule has 2 nitrogen and oxygen atoms in total. The molecule has 0 aromatic heterocycles. The average Bonchev–Trinajstić information content (AvgIpc) is 2.08. The van der Waals surface area contributed by atoms with Gasteiger partial charge in [0.25, 0.3) is 0 Å². The summed E-state index contributed by atoms with van der Waals surface area (Å²) in [6.07, 6.45) is 2.44. The third-order valence-corrected chi connectivity index (χ3v) is 3.42. The Kier molecular flexibility index (Phi) is 3.74. The van der Waals surface area contributed by atoms with E-state index in [4.69, 9.17) is 0 Å². The minimum atomic E-state index is 0.332. The van der Waals surface area contributed by atoms with Crippen molar-refractivity contribution in [1.82, 2.24) is 4.90 Å². The van der Waals surface area contributed by atoms with E-state index in [0.717, 1.165) is 6.54 Å². The van der Waals surface area contributed by atoms with E-state index >= 15 is 0 Å². The number of piperidine rings is 1. The third kappa shape index (κ3) is 2.68. The van der Waals surface area contributed by atoms with Gasteiger partial charge in [0.2, 0.25) is 0 Å². The molecule has 0 bridgehead atoms. The van der Waals surface area contributed by atoms with Crippen LogP contribution in [0.2, 0.25) is 0 Å². The van der Waals surface area contributed by atoms with E-state index < -0.39 is 0 Å².